The van der Waals surface area contributed by atoms with E-state index in [-0.39, 0.29) is 17.2 Å². The van der Waals surface area contributed by atoms with E-state index in [1.165, 1.54) is 38.0 Å². The van der Waals surface area contributed by atoms with Crippen LogP contribution in [0.5, 0.6) is 0 Å². The van der Waals surface area contributed by atoms with Gasteiger partial charge in [-0.05, 0) is 36.8 Å². The molecule has 4 rings (SSSR count). The van der Waals surface area contributed by atoms with Crippen LogP contribution in [0, 0.1) is 0 Å². The van der Waals surface area contributed by atoms with Gasteiger partial charge in [0.15, 0.2) is 0 Å². The fraction of sp³-hybridized carbons (Fsp3) is 0.261. The zero-order chi connectivity index (χ0) is 21.6. The zero-order valence-electron chi connectivity index (χ0n) is 17.3. The summed E-state index contributed by atoms with van der Waals surface area (Å²) in [5.41, 5.74) is 2.34. The zero-order valence-corrected chi connectivity index (χ0v) is 18.1. The van der Waals surface area contributed by atoms with Crippen LogP contribution in [0.2, 0.25) is 0 Å². The molecule has 0 fully saturated rings. The molecule has 160 valence electrons. The average molecular weight is 437 g/mol. The standard InChI is InChI=1S/C23H24N4O3S/c1-30-16-15-27-22(28)12-11-17(25-27)23(29)24-13-6-14-26-18-7-2-4-9-20(18)31-21-10-5-3-8-19(21)26/h2-5,7-12H,6,13-16H2,1H3,(H,24,29). The van der Waals surface area contributed by atoms with Gasteiger partial charge in [-0.1, -0.05) is 36.0 Å². The molecule has 0 saturated carbocycles. The van der Waals surface area contributed by atoms with Crippen molar-refractivity contribution in [3.8, 4) is 0 Å². The van der Waals surface area contributed by atoms with Gasteiger partial charge >= 0.3 is 0 Å². The maximum atomic E-state index is 12.5. The topological polar surface area (TPSA) is 76.5 Å². The Morgan fingerprint density at radius 3 is 2.35 bits per heavy atom. The molecule has 0 unspecified atom stereocenters. The SMILES string of the molecule is COCCn1nc(C(=O)NCCCN2c3ccccc3Sc3ccccc32)ccc1=O. The summed E-state index contributed by atoms with van der Waals surface area (Å²) in [6.07, 6.45) is 0.766. The summed E-state index contributed by atoms with van der Waals surface area (Å²) in [6.45, 7) is 1.94. The number of methoxy groups -OCH3 is 1. The highest BCUT2D eigenvalue weighted by atomic mass is 32.2. The number of carbonyl (C=O) groups is 1. The molecule has 2 aromatic carbocycles. The molecule has 1 N–H and O–H groups in total. The number of nitrogens with one attached hydrogen (secondary N) is 1. The second-order valence-electron chi connectivity index (χ2n) is 7.07. The first-order valence-electron chi connectivity index (χ1n) is 10.2. The number of para-hydroxylation sites is 2. The molecule has 0 atom stereocenters. The molecule has 8 heteroatoms. The molecule has 0 bridgehead atoms. The molecule has 0 radical (unpaired) electrons. The van der Waals surface area contributed by atoms with Gasteiger partial charge in [0.1, 0.15) is 5.69 Å². The average Bonchev–Trinajstić information content (AvgIpc) is 2.80. The number of benzene rings is 2. The Morgan fingerprint density at radius 2 is 1.68 bits per heavy atom. The minimum atomic E-state index is -0.291. The smallest absolute Gasteiger partial charge is 0.271 e. The van der Waals surface area contributed by atoms with Crippen LogP contribution < -0.4 is 15.8 Å². The lowest BCUT2D eigenvalue weighted by Crippen LogP contribution is -2.32. The number of rotatable bonds is 8. The fourth-order valence-electron chi connectivity index (χ4n) is 3.46. The van der Waals surface area contributed by atoms with E-state index < -0.39 is 0 Å². The first kappa shape index (κ1) is 21.1. The molecule has 3 aromatic rings. The summed E-state index contributed by atoms with van der Waals surface area (Å²) >= 11 is 1.78. The van der Waals surface area contributed by atoms with Crippen molar-refractivity contribution in [3.05, 3.63) is 76.7 Å². The molecule has 7 nitrogen and oxygen atoms in total. The third kappa shape index (κ3) is 4.81. The molecule has 0 saturated heterocycles. The van der Waals surface area contributed by atoms with Crippen molar-refractivity contribution < 1.29 is 9.53 Å². The van der Waals surface area contributed by atoms with Crippen molar-refractivity contribution in [1.29, 1.82) is 0 Å². The quantitative estimate of drug-likeness (QED) is 0.546. The number of carbonyl (C=O) groups excluding carboxylic acids is 1. The van der Waals surface area contributed by atoms with Crippen LogP contribution in [0.3, 0.4) is 0 Å². The number of amides is 1. The second-order valence-corrected chi connectivity index (χ2v) is 8.16. The first-order chi connectivity index (χ1) is 15.2. The lowest BCUT2D eigenvalue weighted by molar-refractivity contribution is 0.0944. The van der Waals surface area contributed by atoms with Crippen molar-refractivity contribution in [2.24, 2.45) is 0 Å². The summed E-state index contributed by atoms with van der Waals surface area (Å²) in [4.78, 5) is 29.1. The highest BCUT2D eigenvalue weighted by Gasteiger charge is 2.22. The molecular weight excluding hydrogens is 412 g/mol. The number of hydrogen-bond donors (Lipinski definition) is 1. The molecule has 1 aliphatic rings. The van der Waals surface area contributed by atoms with Crippen molar-refractivity contribution in [2.45, 2.75) is 22.8 Å². The van der Waals surface area contributed by atoms with Gasteiger partial charge < -0.3 is 15.0 Å². The number of anilines is 2. The molecule has 2 heterocycles. The van der Waals surface area contributed by atoms with E-state index >= 15 is 0 Å². The lowest BCUT2D eigenvalue weighted by Gasteiger charge is -2.32. The number of hydrogen-bond acceptors (Lipinski definition) is 6. The van der Waals surface area contributed by atoms with Crippen molar-refractivity contribution >= 4 is 29.0 Å². The Labute approximate surface area is 185 Å². The fourth-order valence-corrected chi connectivity index (χ4v) is 4.56. The van der Waals surface area contributed by atoms with Crippen LogP contribution in [-0.2, 0) is 11.3 Å². The summed E-state index contributed by atoms with van der Waals surface area (Å²) < 4.78 is 6.23. The third-order valence-corrected chi connectivity index (χ3v) is 6.11. The van der Waals surface area contributed by atoms with E-state index in [4.69, 9.17) is 4.74 Å². The minimum Gasteiger partial charge on any atom is -0.383 e. The Bertz CT molecular complexity index is 1090. The van der Waals surface area contributed by atoms with Gasteiger partial charge in [-0.3, -0.25) is 9.59 Å². The van der Waals surface area contributed by atoms with Gasteiger partial charge in [0.25, 0.3) is 11.5 Å². The highest BCUT2D eigenvalue weighted by molar-refractivity contribution is 7.99. The van der Waals surface area contributed by atoms with Crippen molar-refractivity contribution in [3.63, 3.8) is 0 Å². The predicted molar refractivity (Wildman–Crippen MR) is 121 cm³/mol. The molecule has 1 aliphatic heterocycles. The Balaban J connectivity index is 1.38. The normalized spacial score (nSPS) is 12.2. The van der Waals surface area contributed by atoms with Gasteiger partial charge in [-0.2, -0.15) is 5.10 Å². The van der Waals surface area contributed by atoms with Crippen molar-refractivity contribution in [1.82, 2.24) is 15.1 Å². The van der Waals surface area contributed by atoms with Gasteiger partial charge in [0.05, 0.1) is 24.5 Å². The van der Waals surface area contributed by atoms with Gasteiger partial charge in [0, 0.05) is 36.1 Å². The number of aromatic nitrogens is 2. The number of fused-ring (bicyclic) bond motifs is 2. The molecule has 1 aromatic heterocycles. The van der Waals surface area contributed by atoms with Crippen LogP contribution in [0.15, 0.2) is 75.2 Å². The van der Waals surface area contributed by atoms with E-state index in [0.29, 0.717) is 19.7 Å². The van der Waals surface area contributed by atoms with Gasteiger partial charge in [-0.15, -0.1) is 0 Å². The van der Waals surface area contributed by atoms with Crippen LogP contribution in [0.1, 0.15) is 16.9 Å². The second kappa shape index (κ2) is 9.80. The Hall–Kier alpha value is -3.10. The molecule has 31 heavy (non-hydrogen) atoms. The van der Waals surface area contributed by atoms with Crippen molar-refractivity contribution in [2.75, 3.05) is 31.7 Å². The first-order valence-corrected chi connectivity index (χ1v) is 11.0. The highest BCUT2D eigenvalue weighted by Crippen LogP contribution is 2.47. The summed E-state index contributed by atoms with van der Waals surface area (Å²) in [6, 6.07) is 19.5. The molecule has 1 amide bonds. The van der Waals surface area contributed by atoms with E-state index in [0.717, 1.165) is 13.0 Å². The number of ether oxygens (including phenoxy) is 1. The van der Waals surface area contributed by atoms with E-state index in [9.17, 15) is 9.59 Å². The van der Waals surface area contributed by atoms with Crippen LogP contribution >= 0.6 is 11.8 Å². The third-order valence-electron chi connectivity index (χ3n) is 4.98. The van der Waals surface area contributed by atoms with E-state index in [2.05, 4.69) is 51.7 Å². The summed E-state index contributed by atoms with van der Waals surface area (Å²) in [5, 5.41) is 7.05. The van der Waals surface area contributed by atoms with Gasteiger partial charge in [0.2, 0.25) is 0 Å². The molecule has 0 aliphatic carbocycles. The summed E-state index contributed by atoms with van der Waals surface area (Å²) in [7, 11) is 1.55. The van der Waals surface area contributed by atoms with Crippen LogP contribution in [-0.4, -0.2) is 42.5 Å². The minimum absolute atomic E-state index is 0.223. The number of nitrogens with zero attached hydrogens (tertiary/aromatic N) is 3. The summed E-state index contributed by atoms with van der Waals surface area (Å²) in [5.74, 6) is -0.291. The molecule has 0 spiro atoms. The Morgan fingerprint density at radius 1 is 1.00 bits per heavy atom. The maximum Gasteiger partial charge on any atom is 0.271 e. The largest absolute Gasteiger partial charge is 0.383 e. The van der Waals surface area contributed by atoms with Gasteiger partial charge in [-0.25, -0.2) is 4.68 Å². The monoisotopic (exact) mass is 436 g/mol. The predicted octanol–water partition coefficient (Wildman–Crippen LogP) is 3.31. The van der Waals surface area contributed by atoms with Crippen LogP contribution in [0.4, 0.5) is 11.4 Å². The van der Waals surface area contributed by atoms with E-state index in [1.54, 1.807) is 18.9 Å². The van der Waals surface area contributed by atoms with Crippen LogP contribution in [0.25, 0.3) is 0 Å². The molecular formula is C23H24N4O3S. The lowest BCUT2D eigenvalue weighted by atomic mass is 10.2. The maximum absolute atomic E-state index is 12.5. The van der Waals surface area contributed by atoms with E-state index in [1.807, 2.05) is 12.1 Å². The Kier molecular flexibility index (Phi) is 6.69.